The van der Waals surface area contributed by atoms with Crippen molar-refractivity contribution in [2.45, 2.75) is 38.3 Å². The van der Waals surface area contributed by atoms with Gasteiger partial charge in [-0.2, -0.15) is 0 Å². The van der Waals surface area contributed by atoms with Crippen molar-refractivity contribution in [3.63, 3.8) is 0 Å². The van der Waals surface area contributed by atoms with Crippen molar-refractivity contribution in [2.75, 3.05) is 21.3 Å². The number of hydrogen-bond acceptors (Lipinski definition) is 4. The Morgan fingerprint density at radius 3 is 2.37 bits per heavy atom. The molecule has 4 heteroatoms. The molecular formula is C15H25NO3. The zero-order valence-corrected chi connectivity index (χ0v) is 12.5. The molecule has 0 fully saturated rings. The van der Waals surface area contributed by atoms with Gasteiger partial charge in [-0.1, -0.05) is 0 Å². The van der Waals surface area contributed by atoms with Gasteiger partial charge in [-0.3, -0.25) is 0 Å². The lowest BCUT2D eigenvalue weighted by atomic mass is 9.95. The van der Waals surface area contributed by atoms with E-state index in [0.717, 1.165) is 29.9 Å². The van der Waals surface area contributed by atoms with E-state index in [-0.39, 0.29) is 11.6 Å². The van der Waals surface area contributed by atoms with Crippen molar-refractivity contribution in [1.29, 1.82) is 0 Å². The van der Waals surface area contributed by atoms with Crippen LogP contribution >= 0.6 is 0 Å². The standard InChI is InChI=1S/C15H25NO3/c1-15(2,19-5)9-8-13(16)12-10-11(17-3)6-7-14(12)18-4/h6-7,10,13H,8-9,16H2,1-5H3. The van der Waals surface area contributed by atoms with Crippen LogP contribution in [0.5, 0.6) is 11.5 Å². The Hall–Kier alpha value is -1.26. The Morgan fingerprint density at radius 1 is 1.16 bits per heavy atom. The molecule has 0 radical (unpaired) electrons. The van der Waals surface area contributed by atoms with Gasteiger partial charge in [-0.15, -0.1) is 0 Å². The highest BCUT2D eigenvalue weighted by molar-refractivity contribution is 5.42. The molecule has 0 saturated carbocycles. The predicted octanol–water partition coefficient (Wildman–Crippen LogP) is 2.91. The topological polar surface area (TPSA) is 53.7 Å². The van der Waals surface area contributed by atoms with Crippen LogP contribution in [-0.2, 0) is 4.74 Å². The molecule has 0 aliphatic carbocycles. The molecule has 1 unspecified atom stereocenters. The maximum atomic E-state index is 6.27. The van der Waals surface area contributed by atoms with Crippen LogP contribution in [0.2, 0.25) is 0 Å². The van der Waals surface area contributed by atoms with Crippen molar-refractivity contribution in [3.05, 3.63) is 23.8 Å². The molecule has 19 heavy (non-hydrogen) atoms. The molecule has 1 atom stereocenters. The first-order valence-electron chi connectivity index (χ1n) is 6.46. The van der Waals surface area contributed by atoms with Crippen LogP contribution in [0.3, 0.4) is 0 Å². The first-order chi connectivity index (χ1) is 8.93. The summed E-state index contributed by atoms with van der Waals surface area (Å²) in [6, 6.07) is 5.59. The van der Waals surface area contributed by atoms with Crippen molar-refractivity contribution in [2.24, 2.45) is 5.73 Å². The molecular weight excluding hydrogens is 242 g/mol. The average molecular weight is 267 g/mol. The number of hydrogen-bond donors (Lipinski definition) is 1. The van der Waals surface area contributed by atoms with E-state index >= 15 is 0 Å². The van der Waals surface area contributed by atoms with Gasteiger partial charge >= 0.3 is 0 Å². The molecule has 0 heterocycles. The number of methoxy groups -OCH3 is 3. The maximum Gasteiger partial charge on any atom is 0.123 e. The van der Waals surface area contributed by atoms with E-state index < -0.39 is 0 Å². The highest BCUT2D eigenvalue weighted by Gasteiger charge is 2.20. The number of benzene rings is 1. The lowest BCUT2D eigenvalue weighted by Gasteiger charge is -2.25. The first-order valence-corrected chi connectivity index (χ1v) is 6.46. The zero-order valence-electron chi connectivity index (χ0n) is 12.5. The number of rotatable bonds is 7. The molecule has 1 aromatic rings. The van der Waals surface area contributed by atoms with Gasteiger partial charge in [0.05, 0.1) is 19.8 Å². The minimum atomic E-state index is -0.163. The van der Waals surface area contributed by atoms with Crippen molar-refractivity contribution < 1.29 is 14.2 Å². The van der Waals surface area contributed by atoms with E-state index in [1.807, 2.05) is 18.2 Å². The van der Waals surface area contributed by atoms with Crippen LogP contribution in [0, 0.1) is 0 Å². The lowest BCUT2D eigenvalue weighted by Crippen LogP contribution is -2.24. The molecule has 1 rings (SSSR count). The van der Waals surface area contributed by atoms with Gasteiger partial charge in [0.2, 0.25) is 0 Å². The summed E-state index contributed by atoms with van der Waals surface area (Å²) in [5.74, 6) is 1.58. The van der Waals surface area contributed by atoms with Crippen LogP contribution in [0.15, 0.2) is 18.2 Å². The van der Waals surface area contributed by atoms with E-state index in [4.69, 9.17) is 19.9 Å². The molecule has 1 aromatic carbocycles. The smallest absolute Gasteiger partial charge is 0.123 e. The minimum absolute atomic E-state index is 0.0977. The van der Waals surface area contributed by atoms with Crippen LogP contribution < -0.4 is 15.2 Å². The third-order valence-corrected chi connectivity index (χ3v) is 3.45. The van der Waals surface area contributed by atoms with Crippen molar-refractivity contribution in [1.82, 2.24) is 0 Å². The molecule has 0 aromatic heterocycles. The van der Waals surface area contributed by atoms with E-state index in [1.54, 1.807) is 21.3 Å². The highest BCUT2D eigenvalue weighted by Crippen LogP contribution is 2.31. The fourth-order valence-electron chi connectivity index (χ4n) is 1.89. The van der Waals surface area contributed by atoms with E-state index in [2.05, 4.69) is 13.8 Å². The average Bonchev–Trinajstić information content (AvgIpc) is 2.44. The summed E-state index contributed by atoms with van der Waals surface area (Å²) in [4.78, 5) is 0. The first kappa shape index (κ1) is 15.8. The zero-order chi connectivity index (χ0) is 14.5. The Kier molecular flexibility index (Phi) is 5.63. The fraction of sp³-hybridized carbons (Fsp3) is 0.600. The second-order valence-electron chi connectivity index (χ2n) is 5.22. The quantitative estimate of drug-likeness (QED) is 0.825. The van der Waals surface area contributed by atoms with Crippen LogP contribution in [0.4, 0.5) is 0 Å². The van der Waals surface area contributed by atoms with Gasteiger partial charge in [-0.25, -0.2) is 0 Å². The van der Waals surface area contributed by atoms with Crippen molar-refractivity contribution >= 4 is 0 Å². The fourth-order valence-corrected chi connectivity index (χ4v) is 1.89. The molecule has 0 amide bonds. The molecule has 0 spiro atoms. The van der Waals surface area contributed by atoms with Crippen LogP contribution in [0.1, 0.15) is 38.3 Å². The molecule has 108 valence electrons. The normalized spacial score (nSPS) is 13.2. The van der Waals surface area contributed by atoms with Crippen LogP contribution in [-0.4, -0.2) is 26.9 Å². The summed E-state index contributed by atoms with van der Waals surface area (Å²) >= 11 is 0. The third kappa shape index (κ3) is 4.40. The molecule has 2 N–H and O–H groups in total. The molecule has 0 saturated heterocycles. The second kappa shape index (κ2) is 6.78. The number of ether oxygens (including phenoxy) is 3. The van der Waals surface area contributed by atoms with Gasteiger partial charge in [0.15, 0.2) is 0 Å². The largest absolute Gasteiger partial charge is 0.497 e. The Bertz CT molecular complexity index is 404. The van der Waals surface area contributed by atoms with E-state index in [9.17, 15) is 0 Å². The van der Waals surface area contributed by atoms with Gasteiger partial charge in [-0.05, 0) is 44.9 Å². The van der Waals surface area contributed by atoms with E-state index in [0.29, 0.717) is 0 Å². The number of nitrogens with two attached hydrogens (primary N) is 1. The summed E-state index contributed by atoms with van der Waals surface area (Å²) in [7, 11) is 5.01. The van der Waals surface area contributed by atoms with Crippen LogP contribution in [0.25, 0.3) is 0 Å². The van der Waals surface area contributed by atoms with E-state index in [1.165, 1.54) is 0 Å². The molecule has 0 bridgehead atoms. The summed E-state index contributed by atoms with van der Waals surface area (Å²) < 4.78 is 16.0. The molecule has 0 aliphatic rings. The highest BCUT2D eigenvalue weighted by atomic mass is 16.5. The van der Waals surface area contributed by atoms with Gasteiger partial charge < -0.3 is 19.9 Å². The van der Waals surface area contributed by atoms with Gasteiger partial charge in [0, 0.05) is 18.7 Å². The molecule has 4 nitrogen and oxygen atoms in total. The van der Waals surface area contributed by atoms with Crippen molar-refractivity contribution in [3.8, 4) is 11.5 Å². The second-order valence-corrected chi connectivity index (χ2v) is 5.22. The Labute approximate surface area is 115 Å². The van der Waals surface area contributed by atoms with Gasteiger partial charge in [0.25, 0.3) is 0 Å². The predicted molar refractivity (Wildman–Crippen MR) is 76.8 cm³/mol. The SMILES string of the molecule is COc1ccc(OC)c(C(N)CCC(C)(C)OC)c1. The minimum Gasteiger partial charge on any atom is -0.497 e. The summed E-state index contributed by atoms with van der Waals surface area (Å²) in [5.41, 5.74) is 7.07. The summed E-state index contributed by atoms with van der Waals surface area (Å²) in [6.07, 6.45) is 1.70. The summed E-state index contributed by atoms with van der Waals surface area (Å²) in [5, 5.41) is 0. The third-order valence-electron chi connectivity index (χ3n) is 3.45. The van der Waals surface area contributed by atoms with Gasteiger partial charge in [0.1, 0.15) is 11.5 Å². The Morgan fingerprint density at radius 2 is 1.84 bits per heavy atom. The Balaban J connectivity index is 2.82. The molecule has 0 aliphatic heterocycles. The monoisotopic (exact) mass is 267 g/mol. The summed E-state index contributed by atoms with van der Waals surface area (Å²) in [6.45, 7) is 4.12. The maximum absolute atomic E-state index is 6.27. The lowest BCUT2D eigenvalue weighted by molar-refractivity contribution is 0.0124.